The molecule has 2 aromatic carbocycles. The smallest absolute Gasteiger partial charge is 0.410 e. The van der Waals surface area contributed by atoms with Gasteiger partial charge in [0.1, 0.15) is 6.61 Å². The summed E-state index contributed by atoms with van der Waals surface area (Å²) in [6.07, 6.45) is 4.62. The number of benzene rings is 2. The van der Waals surface area contributed by atoms with Crippen LogP contribution in [0.1, 0.15) is 30.4 Å². The lowest BCUT2D eigenvalue weighted by Gasteiger charge is -2.33. The summed E-state index contributed by atoms with van der Waals surface area (Å²) in [5.74, 6) is 1.84. The minimum atomic E-state index is -0.244. The number of fused-ring (bicyclic) bond motifs is 2. The molecule has 2 unspecified atom stereocenters. The summed E-state index contributed by atoms with van der Waals surface area (Å²) in [6, 6.07) is 13.9. The maximum Gasteiger partial charge on any atom is 0.410 e. The number of ether oxygens (including phenoxy) is 4. The Kier molecular flexibility index (Phi) is 5.84. The number of amides is 1. The zero-order valence-electron chi connectivity index (χ0n) is 17.6. The highest BCUT2D eigenvalue weighted by Crippen LogP contribution is 2.44. The second-order valence-corrected chi connectivity index (χ2v) is 7.56. The fourth-order valence-electron chi connectivity index (χ4n) is 4.39. The van der Waals surface area contributed by atoms with Crippen molar-refractivity contribution in [2.24, 2.45) is 0 Å². The number of rotatable bonds is 6. The van der Waals surface area contributed by atoms with Gasteiger partial charge in [-0.05, 0) is 48.1 Å². The third-order valence-electron chi connectivity index (χ3n) is 5.85. The molecule has 4 rings (SSSR count). The lowest BCUT2D eigenvalue weighted by molar-refractivity contribution is 0.0832. The molecule has 6 heteroatoms. The number of methoxy groups -OCH3 is 3. The molecule has 1 amide bonds. The molecule has 0 aliphatic carbocycles. The Labute approximate surface area is 177 Å². The van der Waals surface area contributed by atoms with E-state index in [4.69, 9.17) is 18.9 Å². The van der Waals surface area contributed by atoms with Crippen molar-refractivity contribution in [2.45, 2.75) is 38.0 Å². The van der Waals surface area contributed by atoms with Crippen LogP contribution < -0.4 is 14.2 Å². The summed E-state index contributed by atoms with van der Waals surface area (Å²) in [5, 5.41) is 0. The van der Waals surface area contributed by atoms with E-state index in [2.05, 4.69) is 6.08 Å². The van der Waals surface area contributed by atoms with Gasteiger partial charge in [0, 0.05) is 6.04 Å². The highest BCUT2D eigenvalue weighted by Gasteiger charge is 2.40. The van der Waals surface area contributed by atoms with E-state index in [0.717, 1.165) is 30.4 Å². The van der Waals surface area contributed by atoms with E-state index in [9.17, 15) is 4.79 Å². The zero-order chi connectivity index (χ0) is 21.1. The first-order valence-electron chi connectivity index (χ1n) is 10.1. The van der Waals surface area contributed by atoms with Crippen molar-refractivity contribution in [3.8, 4) is 17.2 Å². The van der Waals surface area contributed by atoms with E-state index in [1.807, 2.05) is 47.4 Å². The molecule has 0 aromatic heterocycles. The zero-order valence-corrected chi connectivity index (χ0v) is 17.6. The molecule has 0 radical (unpaired) electrons. The van der Waals surface area contributed by atoms with Crippen LogP contribution in [0.25, 0.3) is 5.57 Å². The van der Waals surface area contributed by atoms with Gasteiger partial charge >= 0.3 is 6.09 Å². The van der Waals surface area contributed by atoms with Crippen molar-refractivity contribution in [3.05, 3.63) is 59.7 Å². The van der Waals surface area contributed by atoms with Gasteiger partial charge in [-0.1, -0.05) is 36.4 Å². The Morgan fingerprint density at radius 3 is 2.30 bits per heavy atom. The second kappa shape index (κ2) is 8.69. The minimum absolute atomic E-state index is 0.0427. The van der Waals surface area contributed by atoms with Gasteiger partial charge in [-0.25, -0.2) is 4.79 Å². The molecule has 158 valence electrons. The number of nitrogens with zero attached hydrogens (tertiary/aromatic N) is 1. The van der Waals surface area contributed by atoms with Crippen LogP contribution >= 0.6 is 0 Å². The van der Waals surface area contributed by atoms with Crippen molar-refractivity contribution in [1.29, 1.82) is 0 Å². The first-order valence-corrected chi connectivity index (χ1v) is 10.1. The van der Waals surface area contributed by atoms with Crippen LogP contribution in [0.15, 0.2) is 48.5 Å². The van der Waals surface area contributed by atoms with Crippen LogP contribution in [0.3, 0.4) is 0 Å². The molecule has 2 aliphatic rings. The average molecular weight is 409 g/mol. The van der Waals surface area contributed by atoms with Crippen LogP contribution in [0.2, 0.25) is 0 Å². The van der Waals surface area contributed by atoms with Gasteiger partial charge in [-0.2, -0.15) is 0 Å². The fourth-order valence-corrected chi connectivity index (χ4v) is 4.39. The van der Waals surface area contributed by atoms with E-state index >= 15 is 0 Å². The minimum Gasteiger partial charge on any atom is -0.493 e. The van der Waals surface area contributed by atoms with Gasteiger partial charge in [0.15, 0.2) is 11.5 Å². The van der Waals surface area contributed by atoms with Crippen LogP contribution in [0.5, 0.6) is 17.2 Å². The first-order chi connectivity index (χ1) is 14.6. The van der Waals surface area contributed by atoms with Crippen molar-refractivity contribution < 1.29 is 23.7 Å². The number of carbonyl (C=O) groups excluding carboxylic acids is 1. The first kappa shape index (κ1) is 20.1. The summed E-state index contributed by atoms with van der Waals surface area (Å²) >= 11 is 0. The lowest BCUT2D eigenvalue weighted by Crippen LogP contribution is -2.43. The van der Waals surface area contributed by atoms with E-state index in [0.29, 0.717) is 23.9 Å². The van der Waals surface area contributed by atoms with Gasteiger partial charge in [-0.3, -0.25) is 4.90 Å². The SMILES string of the molecule is COc1cc(C2=CC3CCC(C2)N3C(=O)OCc2ccccc2)cc(OC)c1OC. The van der Waals surface area contributed by atoms with Crippen molar-refractivity contribution in [1.82, 2.24) is 4.90 Å². The molecule has 0 N–H and O–H groups in total. The molecule has 2 aromatic rings. The Balaban J connectivity index is 1.53. The fraction of sp³-hybridized carbons (Fsp3) is 0.375. The maximum absolute atomic E-state index is 12.8. The van der Waals surface area contributed by atoms with E-state index in [-0.39, 0.29) is 18.2 Å². The van der Waals surface area contributed by atoms with Gasteiger partial charge in [0.05, 0.1) is 27.4 Å². The lowest BCUT2D eigenvalue weighted by atomic mass is 9.94. The molecule has 6 nitrogen and oxygen atoms in total. The molecular weight excluding hydrogens is 382 g/mol. The summed E-state index contributed by atoms with van der Waals surface area (Å²) < 4.78 is 22.0. The molecule has 30 heavy (non-hydrogen) atoms. The van der Waals surface area contributed by atoms with Crippen molar-refractivity contribution >= 4 is 11.7 Å². The van der Waals surface area contributed by atoms with Crippen LogP contribution in [-0.4, -0.2) is 44.4 Å². The standard InChI is InChI=1S/C24H27NO5/c1-27-21-13-18(14-22(28-2)23(21)29-3)17-11-19-9-10-20(12-17)25(19)24(26)30-15-16-7-5-4-6-8-16/h4-8,11,13-14,19-20H,9-10,12,15H2,1-3H3. The van der Waals surface area contributed by atoms with E-state index in [1.165, 1.54) is 5.57 Å². The average Bonchev–Trinajstić information content (AvgIpc) is 3.06. The Hall–Kier alpha value is -3.15. The highest BCUT2D eigenvalue weighted by atomic mass is 16.6. The van der Waals surface area contributed by atoms with Crippen molar-refractivity contribution in [3.63, 3.8) is 0 Å². The second-order valence-electron chi connectivity index (χ2n) is 7.56. The molecule has 2 bridgehead atoms. The largest absolute Gasteiger partial charge is 0.493 e. The molecule has 2 atom stereocenters. The molecule has 2 heterocycles. The third kappa shape index (κ3) is 3.82. The summed E-state index contributed by atoms with van der Waals surface area (Å²) in [6.45, 7) is 0.291. The predicted octanol–water partition coefficient (Wildman–Crippen LogP) is 4.67. The van der Waals surface area contributed by atoms with Gasteiger partial charge < -0.3 is 18.9 Å². The highest BCUT2D eigenvalue weighted by molar-refractivity contribution is 5.76. The molecule has 1 fully saturated rings. The summed E-state index contributed by atoms with van der Waals surface area (Å²) in [4.78, 5) is 14.7. The molecular formula is C24H27NO5. The van der Waals surface area contributed by atoms with E-state index in [1.54, 1.807) is 21.3 Å². The number of hydrogen-bond acceptors (Lipinski definition) is 5. The number of carbonyl (C=O) groups is 1. The molecule has 2 aliphatic heterocycles. The predicted molar refractivity (Wildman–Crippen MR) is 114 cm³/mol. The van der Waals surface area contributed by atoms with Gasteiger partial charge in [0.2, 0.25) is 5.75 Å². The van der Waals surface area contributed by atoms with Crippen LogP contribution in [-0.2, 0) is 11.3 Å². The van der Waals surface area contributed by atoms with Crippen LogP contribution in [0.4, 0.5) is 4.79 Å². The summed E-state index contributed by atoms with van der Waals surface area (Å²) in [5.41, 5.74) is 3.21. The van der Waals surface area contributed by atoms with Crippen LogP contribution in [0, 0.1) is 0 Å². The van der Waals surface area contributed by atoms with Gasteiger partial charge in [-0.15, -0.1) is 0 Å². The summed E-state index contributed by atoms with van der Waals surface area (Å²) in [7, 11) is 4.83. The Morgan fingerprint density at radius 1 is 1.00 bits per heavy atom. The molecule has 0 spiro atoms. The van der Waals surface area contributed by atoms with Gasteiger partial charge in [0.25, 0.3) is 0 Å². The molecule has 1 saturated heterocycles. The monoisotopic (exact) mass is 409 g/mol. The third-order valence-corrected chi connectivity index (χ3v) is 5.85. The quantitative estimate of drug-likeness (QED) is 0.694. The molecule has 0 saturated carbocycles. The Bertz CT molecular complexity index is 915. The van der Waals surface area contributed by atoms with E-state index < -0.39 is 0 Å². The number of hydrogen-bond donors (Lipinski definition) is 0. The normalized spacial score (nSPS) is 19.8. The topological polar surface area (TPSA) is 57.2 Å². The Morgan fingerprint density at radius 2 is 1.70 bits per heavy atom. The maximum atomic E-state index is 12.8. The van der Waals surface area contributed by atoms with Crippen molar-refractivity contribution in [2.75, 3.05) is 21.3 Å².